The van der Waals surface area contributed by atoms with Crippen molar-refractivity contribution in [2.45, 2.75) is 12.8 Å². The van der Waals surface area contributed by atoms with Crippen LogP contribution in [0.2, 0.25) is 5.15 Å². The van der Waals surface area contributed by atoms with E-state index in [0.29, 0.717) is 11.3 Å². The van der Waals surface area contributed by atoms with E-state index < -0.39 is 29.6 Å². The third-order valence-corrected chi connectivity index (χ3v) is 4.72. The van der Waals surface area contributed by atoms with Gasteiger partial charge in [-0.15, -0.1) is 0 Å². The molecule has 0 saturated carbocycles. The molecule has 4 rings (SSSR count). The number of hydrogen-bond donors (Lipinski definition) is 2. The number of fused-ring (bicyclic) bond motifs is 1. The monoisotopic (exact) mass is 382 g/mol. The van der Waals surface area contributed by atoms with Crippen molar-refractivity contribution in [3.8, 4) is 11.3 Å². The number of hydrogen-bond acceptors (Lipinski definition) is 5. The summed E-state index contributed by atoms with van der Waals surface area (Å²) in [5, 5.41) is 4.42. The second-order valence-electron chi connectivity index (χ2n) is 6.26. The van der Waals surface area contributed by atoms with Gasteiger partial charge >= 0.3 is 5.69 Å². The summed E-state index contributed by atoms with van der Waals surface area (Å²) in [6.07, 6.45) is 2.57. The quantitative estimate of drug-likeness (QED) is 0.700. The maximum Gasteiger partial charge on any atom is 0.325 e. The fourth-order valence-electron chi connectivity index (χ4n) is 3.01. The summed E-state index contributed by atoms with van der Waals surface area (Å²) in [6, 6.07) is 1.50. The fraction of sp³-hybridized carbons (Fsp3) is 0.333. The molecule has 0 amide bonds. The molecule has 136 valence electrons. The van der Waals surface area contributed by atoms with Crippen LogP contribution in [0.1, 0.15) is 6.92 Å². The summed E-state index contributed by atoms with van der Waals surface area (Å²) in [5.74, 6) is -3.67. The first-order valence-electron chi connectivity index (χ1n) is 7.76. The molecule has 1 fully saturated rings. The molecule has 1 aliphatic rings. The van der Waals surface area contributed by atoms with Crippen molar-refractivity contribution < 1.29 is 8.78 Å². The lowest BCUT2D eigenvalue weighted by Gasteiger charge is -2.19. The Morgan fingerprint density at radius 3 is 2.81 bits per heavy atom. The van der Waals surface area contributed by atoms with Crippen LogP contribution in [-0.4, -0.2) is 43.6 Å². The van der Waals surface area contributed by atoms with Crippen LogP contribution < -0.4 is 16.1 Å². The average Bonchev–Trinajstić information content (AvgIpc) is 3.07. The average molecular weight is 383 g/mol. The van der Waals surface area contributed by atoms with Gasteiger partial charge in [0.1, 0.15) is 5.69 Å². The van der Waals surface area contributed by atoms with Gasteiger partial charge in [0.05, 0.1) is 24.0 Å². The molecule has 0 radical (unpaired) electrons. The second kappa shape index (κ2) is 5.63. The smallest absolute Gasteiger partial charge is 0.325 e. The first-order valence-corrected chi connectivity index (χ1v) is 8.13. The molecule has 0 aliphatic carbocycles. The molecule has 8 nitrogen and oxygen atoms in total. The second-order valence-corrected chi connectivity index (χ2v) is 6.65. The maximum atomic E-state index is 14.0. The molecule has 0 unspecified atom stereocenters. The standard InChI is InChI=1S/C15H13ClF2N6O2/c1-7-5-23(6-15(7,17)18)10-2-9(8-3-20-14(26)21-13(8)25)22-24-11(16)4-19-12(10)24/h2-4,7H,5-6H2,1H3,(H2,20,21,25,26)/t7-/m0/s1. The minimum atomic E-state index is -2.84. The molecule has 2 N–H and O–H groups in total. The van der Waals surface area contributed by atoms with Crippen molar-refractivity contribution in [2.75, 3.05) is 18.0 Å². The van der Waals surface area contributed by atoms with E-state index >= 15 is 0 Å². The molecule has 0 bridgehead atoms. The van der Waals surface area contributed by atoms with Crippen LogP contribution >= 0.6 is 11.6 Å². The number of aromatic amines is 2. The number of imidazole rings is 1. The van der Waals surface area contributed by atoms with Gasteiger partial charge in [0.2, 0.25) is 0 Å². The number of halogens is 3. The normalized spacial score (nSPS) is 19.4. The van der Waals surface area contributed by atoms with Crippen molar-refractivity contribution in [2.24, 2.45) is 5.92 Å². The van der Waals surface area contributed by atoms with Crippen molar-refractivity contribution in [1.29, 1.82) is 0 Å². The summed E-state index contributed by atoms with van der Waals surface area (Å²) in [4.78, 5) is 33.4. The van der Waals surface area contributed by atoms with Gasteiger partial charge in [0.25, 0.3) is 11.5 Å². The lowest BCUT2D eigenvalue weighted by molar-refractivity contribution is -0.0137. The lowest BCUT2D eigenvalue weighted by Crippen LogP contribution is -2.27. The van der Waals surface area contributed by atoms with Crippen LogP contribution in [0, 0.1) is 5.92 Å². The fourth-order valence-corrected chi connectivity index (χ4v) is 3.18. The highest BCUT2D eigenvalue weighted by Gasteiger charge is 2.46. The highest BCUT2D eigenvalue weighted by atomic mass is 35.5. The van der Waals surface area contributed by atoms with E-state index in [4.69, 9.17) is 11.6 Å². The Labute approximate surface area is 149 Å². The van der Waals surface area contributed by atoms with Crippen LogP contribution in [0.5, 0.6) is 0 Å². The van der Waals surface area contributed by atoms with E-state index in [-0.39, 0.29) is 23.0 Å². The molecule has 3 aromatic heterocycles. The topological polar surface area (TPSA) is 99.2 Å². The van der Waals surface area contributed by atoms with Gasteiger partial charge in [-0.2, -0.15) is 9.61 Å². The van der Waals surface area contributed by atoms with Gasteiger partial charge < -0.3 is 9.88 Å². The Bertz CT molecular complexity index is 1120. The number of alkyl halides is 2. The van der Waals surface area contributed by atoms with Gasteiger partial charge in [-0.1, -0.05) is 18.5 Å². The Morgan fingerprint density at radius 2 is 2.15 bits per heavy atom. The predicted molar refractivity (Wildman–Crippen MR) is 91.0 cm³/mol. The van der Waals surface area contributed by atoms with Crippen molar-refractivity contribution in [1.82, 2.24) is 24.6 Å². The molecule has 3 aromatic rings. The van der Waals surface area contributed by atoms with Gasteiger partial charge in [0.15, 0.2) is 10.8 Å². The lowest BCUT2D eigenvalue weighted by atomic mass is 10.1. The summed E-state index contributed by atoms with van der Waals surface area (Å²) in [6.45, 7) is 1.13. The highest BCUT2D eigenvalue weighted by Crippen LogP contribution is 2.37. The zero-order valence-corrected chi connectivity index (χ0v) is 14.2. The van der Waals surface area contributed by atoms with E-state index in [0.717, 1.165) is 0 Å². The van der Waals surface area contributed by atoms with Gasteiger partial charge in [0, 0.05) is 18.7 Å². The first kappa shape index (κ1) is 16.7. The largest absolute Gasteiger partial charge is 0.362 e. The predicted octanol–water partition coefficient (Wildman–Crippen LogP) is 1.52. The van der Waals surface area contributed by atoms with Gasteiger partial charge in [-0.05, 0) is 6.07 Å². The zero-order valence-electron chi connectivity index (χ0n) is 13.5. The molecule has 4 heterocycles. The molecule has 0 spiro atoms. The third-order valence-electron chi connectivity index (χ3n) is 4.46. The molecular formula is C15H13ClF2N6O2. The Morgan fingerprint density at radius 1 is 1.38 bits per heavy atom. The van der Waals surface area contributed by atoms with Crippen molar-refractivity contribution >= 4 is 22.9 Å². The van der Waals surface area contributed by atoms with Crippen LogP contribution in [-0.2, 0) is 0 Å². The Balaban J connectivity index is 1.93. The molecule has 0 aromatic carbocycles. The van der Waals surface area contributed by atoms with Crippen LogP contribution in [0.4, 0.5) is 14.5 Å². The van der Waals surface area contributed by atoms with E-state index in [1.807, 2.05) is 0 Å². The van der Waals surface area contributed by atoms with E-state index in [9.17, 15) is 18.4 Å². The molecule has 1 saturated heterocycles. The van der Waals surface area contributed by atoms with E-state index in [1.54, 1.807) is 0 Å². The molecular weight excluding hydrogens is 370 g/mol. The first-order chi connectivity index (χ1) is 12.3. The number of rotatable bonds is 2. The Hall–Kier alpha value is -2.75. The minimum absolute atomic E-state index is 0.0801. The summed E-state index contributed by atoms with van der Waals surface area (Å²) >= 11 is 6.09. The Kier molecular flexibility index (Phi) is 3.62. The number of nitrogens with one attached hydrogen (secondary N) is 2. The van der Waals surface area contributed by atoms with E-state index in [1.165, 1.54) is 34.8 Å². The maximum absolute atomic E-state index is 14.0. The van der Waals surface area contributed by atoms with Crippen molar-refractivity contribution in [3.05, 3.63) is 44.5 Å². The van der Waals surface area contributed by atoms with Gasteiger partial charge in [-0.3, -0.25) is 9.78 Å². The number of aromatic nitrogens is 5. The highest BCUT2D eigenvalue weighted by molar-refractivity contribution is 6.29. The van der Waals surface area contributed by atoms with Crippen LogP contribution in [0.15, 0.2) is 28.0 Å². The SMILES string of the molecule is C[C@H]1CN(c2cc(-c3c[nH]c(=O)[nH]c3=O)nn3c(Cl)cnc23)CC1(F)F. The molecule has 1 aliphatic heterocycles. The molecule has 26 heavy (non-hydrogen) atoms. The summed E-state index contributed by atoms with van der Waals surface area (Å²) in [5.41, 5.74) is -0.359. The molecule has 11 heteroatoms. The third kappa shape index (κ3) is 2.57. The zero-order chi connectivity index (χ0) is 18.6. The van der Waals surface area contributed by atoms with Crippen LogP contribution in [0.3, 0.4) is 0 Å². The van der Waals surface area contributed by atoms with E-state index in [2.05, 4.69) is 20.1 Å². The summed E-state index contributed by atoms with van der Waals surface area (Å²) < 4.78 is 29.3. The molecule has 1 atom stereocenters. The number of anilines is 1. The van der Waals surface area contributed by atoms with Crippen LogP contribution in [0.25, 0.3) is 16.9 Å². The summed E-state index contributed by atoms with van der Waals surface area (Å²) in [7, 11) is 0. The van der Waals surface area contributed by atoms with Crippen molar-refractivity contribution in [3.63, 3.8) is 0 Å². The minimum Gasteiger partial charge on any atom is -0.362 e. The number of H-pyrrole nitrogens is 2. The number of nitrogens with zero attached hydrogens (tertiary/aromatic N) is 4. The van der Waals surface area contributed by atoms with Gasteiger partial charge in [-0.25, -0.2) is 18.6 Å².